The maximum absolute atomic E-state index is 14.4. The molecule has 0 spiro atoms. The number of benzene rings is 1. The highest BCUT2D eigenvalue weighted by Crippen LogP contribution is 2.16. The second kappa shape index (κ2) is 29.0. The van der Waals surface area contributed by atoms with Crippen LogP contribution in [0.2, 0.25) is 0 Å². The van der Waals surface area contributed by atoms with E-state index >= 15 is 0 Å². The van der Waals surface area contributed by atoms with Gasteiger partial charge in [0, 0.05) is 38.9 Å². The van der Waals surface area contributed by atoms with Gasteiger partial charge in [0.05, 0.1) is 6.10 Å². The van der Waals surface area contributed by atoms with Crippen LogP contribution < -0.4 is 60.2 Å². The molecule has 0 aromatic heterocycles. The highest BCUT2D eigenvalue weighted by molar-refractivity contribution is 5.97. The number of nitrogens with one attached hydrogen (secondary N) is 9. The Morgan fingerprint density at radius 3 is 1.64 bits per heavy atom. The molecule has 8 atom stereocenters. The van der Waals surface area contributed by atoms with Gasteiger partial charge in [-0.25, -0.2) is 0 Å². The minimum Gasteiger partial charge on any atom is -0.508 e. The predicted octanol–water partition coefficient (Wildman–Crippen LogP) is -2.82. The Bertz CT molecular complexity index is 1860. The number of hydrogen-bond donors (Lipinski definition) is 15. The van der Waals surface area contributed by atoms with Gasteiger partial charge < -0.3 is 75.3 Å². The molecule has 67 heavy (non-hydrogen) atoms. The van der Waals surface area contributed by atoms with Crippen LogP contribution in [0, 0.1) is 28.6 Å². The van der Waals surface area contributed by atoms with Gasteiger partial charge in [-0.1, -0.05) is 46.8 Å². The number of nitrogens with two attached hydrogens (primary N) is 4. The van der Waals surface area contributed by atoms with E-state index in [2.05, 4.69) is 37.2 Å². The van der Waals surface area contributed by atoms with E-state index in [-0.39, 0.29) is 81.1 Å². The summed E-state index contributed by atoms with van der Waals surface area (Å²) < 4.78 is 0. The van der Waals surface area contributed by atoms with Gasteiger partial charge in [-0.2, -0.15) is 0 Å². The number of carbonyl (C=O) groups excluding carboxylic acids is 8. The summed E-state index contributed by atoms with van der Waals surface area (Å²) in [6.07, 6.45) is -1.75. The number of aliphatic hydroxyl groups excluding tert-OH is 1. The third-order valence-electron chi connectivity index (χ3n) is 10.6. The molecule has 0 saturated carbocycles. The quantitative estimate of drug-likeness (QED) is 0.0210. The summed E-state index contributed by atoms with van der Waals surface area (Å²) in [5.41, 5.74) is 22.5. The molecule has 0 aliphatic carbocycles. The average molecular weight is 947 g/mol. The second-order valence-electron chi connectivity index (χ2n) is 17.4. The van der Waals surface area contributed by atoms with Gasteiger partial charge in [-0.3, -0.25) is 49.2 Å². The van der Waals surface area contributed by atoms with Gasteiger partial charge in [0.2, 0.25) is 47.3 Å². The van der Waals surface area contributed by atoms with E-state index in [1.807, 2.05) is 13.8 Å². The van der Waals surface area contributed by atoms with Crippen LogP contribution in [-0.4, -0.2) is 137 Å². The molecule has 0 saturated heterocycles. The number of aromatic hydroxyl groups is 1. The number of aliphatic hydroxyl groups is 1. The zero-order chi connectivity index (χ0) is 51.1. The van der Waals surface area contributed by atoms with Crippen molar-refractivity contribution in [3.05, 3.63) is 29.8 Å². The van der Waals surface area contributed by atoms with Crippen LogP contribution in [0.5, 0.6) is 5.75 Å². The third kappa shape index (κ3) is 21.9. The summed E-state index contributed by atoms with van der Waals surface area (Å²) >= 11 is 0. The number of amides is 8. The van der Waals surface area contributed by atoms with E-state index in [0.29, 0.717) is 12.0 Å². The van der Waals surface area contributed by atoms with Gasteiger partial charge in [0.25, 0.3) is 0 Å². The number of nitrogens with zero attached hydrogens (tertiary/aromatic N) is 1. The smallest absolute Gasteiger partial charge is 0.245 e. The second-order valence-corrected chi connectivity index (χ2v) is 17.4. The van der Waals surface area contributed by atoms with Crippen LogP contribution in [-0.2, 0) is 44.8 Å². The van der Waals surface area contributed by atoms with Gasteiger partial charge in [0.1, 0.15) is 42.0 Å². The van der Waals surface area contributed by atoms with Crippen molar-refractivity contribution < 1.29 is 48.6 Å². The Hall–Kier alpha value is -6.72. The number of phenols is 1. The molecule has 0 fully saturated rings. The summed E-state index contributed by atoms with van der Waals surface area (Å²) in [5.74, 6) is -7.95. The summed E-state index contributed by atoms with van der Waals surface area (Å²) in [5, 5.41) is 53.4. The van der Waals surface area contributed by atoms with Gasteiger partial charge in [-0.05, 0) is 75.0 Å². The first-order chi connectivity index (χ1) is 31.2. The molecule has 0 heterocycles. The zero-order valence-electron chi connectivity index (χ0n) is 39.6. The number of rotatable bonds is 30. The molecule has 24 heteroatoms. The topological polar surface area (TPSA) is 416 Å². The Morgan fingerprint density at radius 2 is 1.15 bits per heavy atom. The Balaban J connectivity index is 3.54. The lowest BCUT2D eigenvalue weighted by molar-refractivity contribution is -0.143. The van der Waals surface area contributed by atoms with Crippen LogP contribution in [0.3, 0.4) is 0 Å². The fourth-order valence-corrected chi connectivity index (χ4v) is 6.95. The lowest BCUT2D eigenvalue weighted by Gasteiger charge is -2.33. The van der Waals surface area contributed by atoms with E-state index in [4.69, 9.17) is 33.8 Å². The van der Waals surface area contributed by atoms with Crippen LogP contribution in [0.25, 0.3) is 0 Å². The average Bonchev–Trinajstić information content (AvgIpc) is 3.23. The summed E-state index contributed by atoms with van der Waals surface area (Å²) in [6.45, 7) is 10.4. The molecule has 0 unspecified atom stereocenters. The number of guanidine groups is 2. The normalized spacial score (nSPS) is 14.7. The fourth-order valence-electron chi connectivity index (χ4n) is 6.95. The van der Waals surface area contributed by atoms with E-state index in [9.17, 15) is 48.6 Å². The van der Waals surface area contributed by atoms with Crippen molar-refractivity contribution in [3.8, 4) is 5.75 Å². The number of primary amides is 2. The molecule has 0 aliphatic rings. The number of carbonyl (C=O) groups is 8. The summed E-state index contributed by atoms with van der Waals surface area (Å²) in [7, 11) is 1.26. The van der Waals surface area contributed by atoms with Crippen molar-refractivity contribution in [1.82, 2.24) is 42.1 Å². The summed E-state index contributed by atoms with van der Waals surface area (Å²) in [4.78, 5) is 109. The van der Waals surface area contributed by atoms with Crippen molar-refractivity contribution in [2.75, 3.05) is 20.1 Å². The van der Waals surface area contributed by atoms with Crippen molar-refractivity contribution in [3.63, 3.8) is 0 Å². The third-order valence-corrected chi connectivity index (χ3v) is 10.6. The number of hydrogen-bond acceptors (Lipinski definition) is 12. The molecule has 1 aromatic carbocycles. The standard InChI is InChI=1S/C43H74N14O10/c1-22(2)20-24(5)36(62)55-33(23(3)4)39(65)56-34(25(6)58)40(66)52-28(10-8-18-50-42(46)47)37(63)53-29(16-17-32(44)60)41(67)57(7)31(11-9-19-51-43(48)49)38(64)54-30(35(45)61)21-26-12-14-27(59)15-13-26/h12-15,22-25,28-31,33-34,58-59H,8-11,16-21H2,1-7H3,(H2,44,60)(H2,45,61)(H,52,66)(H,53,63)(H,54,64)(H,55,62)(H,56,65)(H4,46,47,50)(H4,48,49,51)/t24-,25+,28-,29-,30-,31-,33-,34-/m0/s1. The van der Waals surface area contributed by atoms with Crippen molar-refractivity contribution in [1.29, 1.82) is 10.8 Å². The monoisotopic (exact) mass is 947 g/mol. The molecular weight excluding hydrogens is 873 g/mol. The van der Waals surface area contributed by atoms with Crippen molar-refractivity contribution in [2.24, 2.45) is 40.7 Å². The Kier molecular flexibility index (Phi) is 25.3. The largest absolute Gasteiger partial charge is 0.508 e. The molecule has 376 valence electrons. The highest BCUT2D eigenvalue weighted by Gasteiger charge is 2.37. The molecule has 0 bridgehead atoms. The van der Waals surface area contributed by atoms with Crippen molar-refractivity contribution >= 4 is 59.2 Å². The summed E-state index contributed by atoms with van der Waals surface area (Å²) in [6, 6.07) is -2.54. The SMILES string of the molecule is CC(C)C[C@H](C)C(=O)N[C@H](C(=O)N[C@H](C(=O)N[C@@H](CCCNC(=N)N)C(=O)N[C@@H](CCC(N)=O)C(=O)N(C)[C@@H](CCCNC(=N)N)C(=O)N[C@@H](Cc1ccc(O)cc1)C(N)=O)[C@@H](C)O)C(C)C. The Labute approximate surface area is 391 Å². The van der Waals surface area contributed by atoms with Crippen LogP contribution in [0.15, 0.2) is 24.3 Å². The molecule has 8 amide bonds. The molecule has 1 rings (SSSR count). The molecule has 0 aliphatic heterocycles. The van der Waals surface area contributed by atoms with Crippen LogP contribution in [0.4, 0.5) is 0 Å². The van der Waals surface area contributed by atoms with Gasteiger partial charge in [0.15, 0.2) is 11.9 Å². The molecule has 1 aromatic rings. The maximum Gasteiger partial charge on any atom is 0.245 e. The maximum atomic E-state index is 14.4. The molecule has 19 N–H and O–H groups in total. The lowest BCUT2D eigenvalue weighted by atomic mass is 9.96. The fraction of sp³-hybridized carbons (Fsp3) is 0.628. The first kappa shape index (κ1) is 58.3. The van der Waals surface area contributed by atoms with E-state index < -0.39 is 102 Å². The van der Waals surface area contributed by atoms with Crippen LogP contribution in [0.1, 0.15) is 92.1 Å². The van der Waals surface area contributed by atoms with Crippen molar-refractivity contribution in [2.45, 2.75) is 135 Å². The molecular formula is C43H74N14O10. The van der Waals surface area contributed by atoms with E-state index in [1.165, 1.54) is 38.2 Å². The van der Waals surface area contributed by atoms with Crippen LogP contribution >= 0.6 is 0 Å². The minimum atomic E-state index is -1.64. The Morgan fingerprint density at radius 1 is 0.642 bits per heavy atom. The number of likely N-dealkylation sites (N-methyl/N-ethyl adjacent to an activating group) is 1. The highest BCUT2D eigenvalue weighted by atomic mass is 16.3. The van der Waals surface area contributed by atoms with Gasteiger partial charge >= 0.3 is 0 Å². The molecule has 0 radical (unpaired) electrons. The lowest BCUT2D eigenvalue weighted by Crippen LogP contribution is -2.62. The predicted molar refractivity (Wildman–Crippen MR) is 249 cm³/mol. The van der Waals surface area contributed by atoms with E-state index in [1.54, 1.807) is 20.8 Å². The van der Waals surface area contributed by atoms with Gasteiger partial charge in [-0.15, -0.1) is 0 Å². The van der Waals surface area contributed by atoms with E-state index in [0.717, 1.165) is 4.90 Å². The minimum absolute atomic E-state index is 0.0302. The first-order valence-electron chi connectivity index (χ1n) is 22.2. The molecule has 24 nitrogen and oxygen atoms in total. The first-order valence-corrected chi connectivity index (χ1v) is 22.2. The zero-order valence-corrected chi connectivity index (χ0v) is 39.6. The number of phenolic OH excluding ortho intramolecular Hbond substituents is 1.